The van der Waals surface area contributed by atoms with Crippen molar-refractivity contribution in [3.63, 3.8) is 0 Å². The van der Waals surface area contributed by atoms with Gasteiger partial charge in [-0.3, -0.25) is 9.78 Å². The van der Waals surface area contributed by atoms with Crippen molar-refractivity contribution in [2.24, 2.45) is 0 Å². The van der Waals surface area contributed by atoms with Crippen LogP contribution in [0.4, 0.5) is 0 Å². The third kappa shape index (κ3) is 3.21. The number of unbranched alkanes of at least 4 members (excludes halogenated alkanes) is 2. The minimum atomic E-state index is 0.194. The highest BCUT2D eigenvalue weighted by atomic mass is 16.2. The number of fused-ring (bicyclic) bond motifs is 1. The number of rotatable bonds is 7. The third-order valence-corrected chi connectivity index (χ3v) is 5.02. The van der Waals surface area contributed by atoms with Gasteiger partial charge in [-0.05, 0) is 36.1 Å². The number of pyridine rings is 1. The van der Waals surface area contributed by atoms with Crippen LogP contribution in [0.3, 0.4) is 0 Å². The Balaban J connectivity index is 1.87. The molecule has 24 heavy (non-hydrogen) atoms. The van der Waals surface area contributed by atoms with Crippen LogP contribution in [0.5, 0.6) is 0 Å². The second-order valence-corrected chi connectivity index (χ2v) is 6.56. The van der Waals surface area contributed by atoms with E-state index in [0.717, 1.165) is 41.6 Å². The molecule has 3 rings (SSSR count). The van der Waals surface area contributed by atoms with E-state index in [9.17, 15) is 4.79 Å². The second kappa shape index (κ2) is 7.61. The maximum absolute atomic E-state index is 12.9. The van der Waals surface area contributed by atoms with Gasteiger partial charge in [-0.2, -0.15) is 0 Å². The van der Waals surface area contributed by atoms with Crippen LogP contribution in [0.15, 0.2) is 42.7 Å². The molecule has 0 saturated heterocycles. The third-order valence-electron chi connectivity index (χ3n) is 5.02. The number of amides is 1. The summed E-state index contributed by atoms with van der Waals surface area (Å²) in [5.74, 6) is 0.194. The minimum Gasteiger partial charge on any atom is -0.331 e. The molecule has 126 valence electrons. The molecular formula is C21H26N2O. The molecule has 0 bridgehead atoms. The molecule has 0 N–H and O–H groups in total. The monoisotopic (exact) mass is 322 g/mol. The van der Waals surface area contributed by atoms with E-state index in [1.807, 2.05) is 24.4 Å². The summed E-state index contributed by atoms with van der Waals surface area (Å²) < 4.78 is 0. The van der Waals surface area contributed by atoms with Gasteiger partial charge in [-0.1, -0.05) is 51.3 Å². The van der Waals surface area contributed by atoms with Crippen molar-refractivity contribution in [1.29, 1.82) is 0 Å². The van der Waals surface area contributed by atoms with Gasteiger partial charge in [0.05, 0.1) is 0 Å². The van der Waals surface area contributed by atoms with Gasteiger partial charge in [0.1, 0.15) is 0 Å². The molecule has 0 fully saturated rings. The van der Waals surface area contributed by atoms with Crippen LogP contribution in [0.25, 0.3) is 11.1 Å². The fourth-order valence-electron chi connectivity index (χ4n) is 3.65. The molecule has 1 unspecified atom stereocenters. The van der Waals surface area contributed by atoms with E-state index in [1.54, 1.807) is 6.20 Å². The van der Waals surface area contributed by atoms with Crippen LogP contribution in [-0.4, -0.2) is 21.8 Å². The number of carbonyl (C=O) groups is 1. The molecule has 1 aromatic carbocycles. The number of aromatic nitrogens is 1. The van der Waals surface area contributed by atoms with Gasteiger partial charge in [-0.15, -0.1) is 0 Å². The predicted molar refractivity (Wildman–Crippen MR) is 97.8 cm³/mol. The number of hydrogen-bond donors (Lipinski definition) is 0. The molecule has 0 radical (unpaired) electrons. The first kappa shape index (κ1) is 16.7. The van der Waals surface area contributed by atoms with Crippen molar-refractivity contribution in [3.05, 3.63) is 53.9 Å². The van der Waals surface area contributed by atoms with Crippen LogP contribution in [0, 0.1) is 0 Å². The SMILES string of the molecule is CCCCCC(CC)N1Cc2c(cccc2-c2cccnc2)C1=O. The molecule has 3 nitrogen and oxygen atoms in total. The lowest BCUT2D eigenvalue weighted by Crippen LogP contribution is -2.35. The first-order chi connectivity index (χ1) is 11.8. The highest BCUT2D eigenvalue weighted by Gasteiger charge is 2.33. The van der Waals surface area contributed by atoms with Crippen LogP contribution >= 0.6 is 0 Å². The Morgan fingerprint density at radius 3 is 2.67 bits per heavy atom. The molecule has 2 heterocycles. The quantitative estimate of drug-likeness (QED) is 0.667. The zero-order valence-corrected chi connectivity index (χ0v) is 14.7. The normalized spacial score (nSPS) is 14.8. The van der Waals surface area contributed by atoms with Gasteiger partial charge >= 0.3 is 0 Å². The van der Waals surface area contributed by atoms with Crippen molar-refractivity contribution in [1.82, 2.24) is 9.88 Å². The molecule has 1 aliphatic rings. The van der Waals surface area contributed by atoms with E-state index in [2.05, 4.69) is 35.9 Å². The van der Waals surface area contributed by atoms with Crippen LogP contribution < -0.4 is 0 Å². The summed E-state index contributed by atoms with van der Waals surface area (Å²) in [4.78, 5) is 19.2. The number of nitrogens with zero attached hydrogens (tertiary/aromatic N) is 2. The van der Waals surface area contributed by atoms with Crippen LogP contribution in [0.2, 0.25) is 0 Å². The Labute approximate surface area is 144 Å². The topological polar surface area (TPSA) is 33.2 Å². The molecule has 1 aromatic heterocycles. The molecule has 1 amide bonds. The predicted octanol–water partition coefficient (Wildman–Crippen LogP) is 5.06. The highest BCUT2D eigenvalue weighted by Crippen LogP contribution is 2.34. The van der Waals surface area contributed by atoms with E-state index in [1.165, 1.54) is 19.3 Å². The lowest BCUT2D eigenvalue weighted by atomic mass is 9.98. The molecule has 0 spiro atoms. The number of benzene rings is 1. The van der Waals surface area contributed by atoms with Crippen molar-refractivity contribution >= 4 is 5.91 Å². The Hall–Kier alpha value is -2.16. The van der Waals surface area contributed by atoms with Gasteiger partial charge in [0.25, 0.3) is 5.91 Å². The average molecular weight is 322 g/mol. The fraction of sp³-hybridized carbons (Fsp3) is 0.429. The fourth-order valence-corrected chi connectivity index (χ4v) is 3.65. The second-order valence-electron chi connectivity index (χ2n) is 6.56. The van der Waals surface area contributed by atoms with Gasteiger partial charge < -0.3 is 4.90 Å². The molecule has 0 saturated carbocycles. The van der Waals surface area contributed by atoms with Gasteiger partial charge in [0, 0.05) is 36.1 Å². The Bertz CT molecular complexity index is 696. The van der Waals surface area contributed by atoms with E-state index in [-0.39, 0.29) is 5.91 Å². The lowest BCUT2D eigenvalue weighted by Gasteiger charge is -2.27. The Morgan fingerprint density at radius 2 is 1.96 bits per heavy atom. The minimum absolute atomic E-state index is 0.194. The van der Waals surface area contributed by atoms with Gasteiger partial charge in [0.15, 0.2) is 0 Å². The number of carbonyl (C=O) groups excluding carboxylic acids is 1. The van der Waals surface area contributed by atoms with E-state index < -0.39 is 0 Å². The standard InChI is InChI=1S/C21H26N2O/c1-3-5-6-10-17(4-2)23-15-20-18(16-9-8-13-22-14-16)11-7-12-19(20)21(23)24/h7-9,11-14,17H,3-6,10,15H2,1-2H3. The van der Waals surface area contributed by atoms with Crippen molar-refractivity contribution in [3.8, 4) is 11.1 Å². The van der Waals surface area contributed by atoms with Crippen LogP contribution in [-0.2, 0) is 6.54 Å². The zero-order chi connectivity index (χ0) is 16.9. The zero-order valence-electron chi connectivity index (χ0n) is 14.7. The van der Waals surface area contributed by atoms with E-state index in [4.69, 9.17) is 0 Å². The summed E-state index contributed by atoms with van der Waals surface area (Å²) in [6.07, 6.45) is 9.44. The summed E-state index contributed by atoms with van der Waals surface area (Å²) in [5, 5.41) is 0. The summed E-state index contributed by atoms with van der Waals surface area (Å²) in [7, 11) is 0. The summed E-state index contributed by atoms with van der Waals surface area (Å²) in [6.45, 7) is 5.14. The first-order valence-electron chi connectivity index (χ1n) is 9.09. The summed E-state index contributed by atoms with van der Waals surface area (Å²) in [5.41, 5.74) is 4.25. The number of hydrogen-bond acceptors (Lipinski definition) is 2. The lowest BCUT2D eigenvalue weighted by molar-refractivity contribution is 0.0686. The van der Waals surface area contributed by atoms with Crippen molar-refractivity contribution < 1.29 is 4.79 Å². The Kier molecular flexibility index (Phi) is 5.29. The van der Waals surface area contributed by atoms with Gasteiger partial charge in [-0.25, -0.2) is 0 Å². The van der Waals surface area contributed by atoms with Crippen molar-refractivity contribution in [2.45, 2.75) is 58.5 Å². The molecule has 1 atom stereocenters. The maximum atomic E-state index is 12.9. The molecule has 0 aliphatic carbocycles. The van der Waals surface area contributed by atoms with E-state index in [0.29, 0.717) is 6.04 Å². The molecule has 2 aromatic rings. The first-order valence-corrected chi connectivity index (χ1v) is 9.09. The molecule has 1 aliphatic heterocycles. The van der Waals surface area contributed by atoms with Crippen molar-refractivity contribution in [2.75, 3.05) is 0 Å². The smallest absolute Gasteiger partial charge is 0.254 e. The molecule has 3 heteroatoms. The maximum Gasteiger partial charge on any atom is 0.254 e. The summed E-state index contributed by atoms with van der Waals surface area (Å²) >= 11 is 0. The van der Waals surface area contributed by atoms with Crippen LogP contribution in [0.1, 0.15) is 61.9 Å². The summed E-state index contributed by atoms with van der Waals surface area (Å²) in [6, 6.07) is 10.4. The van der Waals surface area contributed by atoms with E-state index >= 15 is 0 Å². The largest absolute Gasteiger partial charge is 0.331 e. The van der Waals surface area contributed by atoms with Gasteiger partial charge in [0.2, 0.25) is 0 Å². The molecular weight excluding hydrogens is 296 g/mol. The Morgan fingerprint density at radius 1 is 1.12 bits per heavy atom. The average Bonchev–Trinajstić information content (AvgIpc) is 2.96. The highest BCUT2D eigenvalue weighted by molar-refractivity contribution is 6.00.